The van der Waals surface area contributed by atoms with Crippen molar-refractivity contribution in [3.63, 3.8) is 0 Å². The highest BCUT2D eigenvalue weighted by Gasteiger charge is 2.20. The lowest BCUT2D eigenvalue weighted by atomic mass is 9.92. The van der Waals surface area contributed by atoms with Gasteiger partial charge >= 0.3 is 5.97 Å². The van der Waals surface area contributed by atoms with E-state index >= 15 is 0 Å². The highest BCUT2D eigenvalue weighted by atomic mass is 16.5. The van der Waals surface area contributed by atoms with E-state index in [2.05, 4.69) is 6.08 Å². The lowest BCUT2D eigenvalue weighted by molar-refractivity contribution is -0.839. The second kappa shape index (κ2) is 7.32. The van der Waals surface area contributed by atoms with Crippen molar-refractivity contribution in [1.29, 1.82) is 0 Å². The molecule has 0 unspecified atom stereocenters. The largest absolute Gasteiger partial charge is 0.633 e. The molecule has 5 nitrogen and oxygen atoms in total. The second-order valence-electron chi connectivity index (χ2n) is 7.05. The fourth-order valence-corrected chi connectivity index (χ4v) is 3.15. The van der Waals surface area contributed by atoms with E-state index in [-0.39, 0.29) is 11.1 Å². The molecule has 0 atom stereocenters. The number of hydrogen-bond acceptors (Lipinski definition) is 3. The summed E-state index contributed by atoms with van der Waals surface area (Å²) in [6.45, 7) is 0.929. The number of fused-ring (bicyclic) bond motifs is 2. The normalized spacial score (nSPS) is 15.0. The third kappa shape index (κ3) is 4.31. The van der Waals surface area contributed by atoms with E-state index in [4.69, 9.17) is 9.84 Å². The molecule has 2 aromatic carbocycles. The minimum Gasteiger partial charge on any atom is -0.633 e. The Kier molecular flexibility index (Phi) is 5.11. The van der Waals surface area contributed by atoms with Crippen LogP contribution in [-0.4, -0.2) is 36.4 Å². The number of hydrogen-bond donors (Lipinski definition) is 1. The summed E-state index contributed by atoms with van der Waals surface area (Å²) in [5, 5.41) is 21.0. The first kappa shape index (κ1) is 18.2. The zero-order valence-electron chi connectivity index (χ0n) is 15.1. The highest BCUT2D eigenvalue weighted by molar-refractivity contribution is 5.85. The Morgan fingerprint density at radius 2 is 2.00 bits per heavy atom. The molecule has 3 rings (SSSR count). The number of aliphatic carboxylic acids is 1. The van der Waals surface area contributed by atoms with Gasteiger partial charge in [0.05, 0.1) is 27.1 Å². The zero-order valence-corrected chi connectivity index (χ0v) is 15.1. The van der Waals surface area contributed by atoms with Crippen molar-refractivity contribution >= 4 is 11.5 Å². The minimum atomic E-state index is -0.865. The average Bonchev–Trinajstić information content (AvgIpc) is 2.71. The monoisotopic (exact) mass is 353 g/mol. The van der Waals surface area contributed by atoms with Gasteiger partial charge in [-0.15, -0.1) is 0 Å². The van der Waals surface area contributed by atoms with Crippen molar-refractivity contribution in [3.05, 3.63) is 76.0 Å². The van der Waals surface area contributed by atoms with Crippen LogP contribution >= 0.6 is 0 Å². The summed E-state index contributed by atoms with van der Waals surface area (Å²) in [5.41, 5.74) is 4.74. The summed E-state index contributed by atoms with van der Waals surface area (Å²) in [6, 6.07) is 13.5. The molecule has 0 bridgehead atoms. The van der Waals surface area contributed by atoms with Crippen LogP contribution in [0.4, 0.5) is 0 Å². The Hall–Kier alpha value is -2.63. The molecule has 1 heterocycles. The van der Waals surface area contributed by atoms with Gasteiger partial charge in [-0.2, -0.15) is 0 Å². The van der Waals surface area contributed by atoms with E-state index in [0.717, 1.165) is 33.6 Å². The van der Waals surface area contributed by atoms with Crippen molar-refractivity contribution in [2.24, 2.45) is 0 Å². The van der Waals surface area contributed by atoms with Gasteiger partial charge in [0.2, 0.25) is 0 Å². The number of nitrogens with zero attached hydrogens (tertiary/aromatic N) is 1. The Morgan fingerprint density at radius 1 is 1.23 bits per heavy atom. The number of rotatable bonds is 5. The molecule has 0 aliphatic carbocycles. The molecule has 0 amide bonds. The molecular formula is C21H23NO4. The topological polar surface area (TPSA) is 69.6 Å². The van der Waals surface area contributed by atoms with Crippen LogP contribution in [0.2, 0.25) is 0 Å². The molecule has 1 aliphatic rings. The molecular weight excluding hydrogens is 330 g/mol. The fourth-order valence-electron chi connectivity index (χ4n) is 3.15. The fraction of sp³-hybridized carbons (Fsp3) is 0.286. The standard InChI is InChI=1S/C21H23NO4/c1-22(2,25)11-5-8-18-17-7-4-3-6-16(17)14-26-20-10-9-15(12-19(18)20)13-21(23)24/h3-4,6-10,12H,5,11,13-14H2,1-2H3,(H,23,24). The van der Waals surface area contributed by atoms with Crippen LogP contribution in [0.3, 0.4) is 0 Å². The van der Waals surface area contributed by atoms with Crippen LogP contribution in [0.15, 0.2) is 48.5 Å². The highest BCUT2D eigenvalue weighted by Crippen LogP contribution is 2.37. The van der Waals surface area contributed by atoms with E-state index in [9.17, 15) is 10.0 Å². The van der Waals surface area contributed by atoms with Crippen molar-refractivity contribution in [2.45, 2.75) is 19.4 Å². The summed E-state index contributed by atoms with van der Waals surface area (Å²) in [6.07, 6.45) is 2.66. The molecule has 136 valence electrons. The molecule has 2 aromatic rings. The summed E-state index contributed by atoms with van der Waals surface area (Å²) in [7, 11) is 3.25. The van der Waals surface area contributed by atoms with Crippen molar-refractivity contribution < 1.29 is 19.3 Å². The Morgan fingerprint density at radius 3 is 2.73 bits per heavy atom. The summed E-state index contributed by atoms with van der Waals surface area (Å²) >= 11 is 0. The Bertz CT molecular complexity index is 849. The van der Waals surface area contributed by atoms with Gasteiger partial charge in [-0.25, -0.2) is 0 Å². The first-order chi connectivity index (χ1) is 12.3. The summed E-state index contributed by atoms with van der Waals surface area (Å²) in [4.78, 5) is 11.1. The van der Waals surface area contributed by atoms with Gasteiger partial charge in [-0.1, -0.05) is 36.4 Å². The predicted molar refractivity (Wildman–Crippen MR) is 101 cm³/mol. The van der Waals surface area contributed by atoms with Gasteiger partial charge in [0, 0.05) is 12.0 Å². The second-order valence-corrected chi connectivity index (χ2v) is 7.05. The molecule has 0 radical (unpaired) electrons. The number of benzene rings is 2. The van der Waals surface area contributed by atoms with E-state index in [1.165, 1.54) is 0 Å². The molecule has 0 aromatic heterocycles. The zero-order chi connectivity index (χ0) is 18.7. The molecule has 5 heteroatoms. The summed E-state index contributed by atoms with van der Waals surface area (Å²) < 4.78 is 5.61. The van der Waals surface area contributed by atoms with Crippen molar-refractivity contribution in [1.82, 2.24) is 0 Å². The molecule has 1 aliphatic heterocycles. The van der Waals surface area contributed by atoms with Crippen LogP contribution in [0.1, 0.15) is 28.7 Å². The van der Waals surface area contributed by atoms with Gasteiger partial charge in [-0.05, 0) is 34.4 Å². The van der Waals surface area contributed by atoms with Crippen LogP contribution < -0.4 is 4.74 Å². The molecule has 0 saturated carbocycles. The van der Waals surface area contributed by atoms with Crippen LogP contribution in [-0.2, 0) is 17.8 Å². The number of quaternary nitrogens is 1. The predicted octanol–water partition coefficient (Wildman–Crippen LogP) is 3.60. The number of carboxylic acid groups (broad SMARTS) is 1. The number of carbonyl (C=O) groups is 1. The molecule has 1 N–H and O–H groups in total. The van der Waals surface area contributed by atoms with E-state index < -0.39 is 5.97 Å². The lowest BCUT2D eigenvalue weighted by Gasteiger charge is -2.33. The smallest absolute Gasteiger partial charge is 0.307 e. The van der Waals surface area contributed by atoms with Crippen LogP contribution in [0.25, 0.3) is 5.57 Å². The Labute approximate surface area is 153 Å². The van der Waals surface area contributed by atoms with Crippen LogP contribution in [0, 0.1) is 5.21 Å². The number of hydroxylamine groups is 3. The van der Waals surface area contributed by atoms with E-state index in [0.29, 0.717) is 19.6 Å². The van der Waals surface area contributed by atoms with Crippen molar-refractivity contribution in [3.8, 4) is 5.75 Å². The maximum Gasteiger partial charge on any atom is 0.307 e. The van der Waals surface area contributed by atoms with Crippen LogP contribution in [0.5, 0.6) is 5.75 Å². The van der Waals surface area contributed by atoms with E-state index in [1.54, 1.807) is 20.2 Å². The third-order valence-electron chi connectivity index (χ3n) is 4.40. The Balaban J connectivity index is 2.07. The van der Waals surface area contributed by atoms with Gasteiger partial charge in [0.15, 0.2) is 0 Å². The first-order valence-electron chi connectivity index (χ1n) is 8.64. The van der Waals surface area contributed by atoms with Gasteiger partial charge in [-0.3, -0.25) is 4.79 Å². The van der Waals surface area contributed by atoms with Gasteiger partial charge in [0.25, 0.3) is 0 Å². The third-order valence-corrected chi connectivity index (χ3v) is 4.40. The van der Waals surface area contributed by atoms with E-state index in [1.807, 2.05) is 36.4 Å². The molecule has 26 heavy (non-hydrogen) atoms. The van der Waals surface area contributed by atoms with Crippen molar-refractivity contribution in [2.75, 3.05) is 20.6 Å². The van der Waals surface area contributed by atoms with Gasteiger partial charge in [0.1, 0.15) is 12.4 Å². The quantitative estimate of drug-likeness (QED) is 0.659. The van der Waals surface area contributed by atoms with Gasteiger partial charge < -0.3 is 19.7 Å². The average molecular weight is 353 g/mol. The number of carboxylic acids is 1. The minimum absolute atomic E-state index is 0.0350. The molecule has 0 spiro atoms. The number of ether oxygens (including phenoxy) is 1. The maximum atomic E-state index is 11.9. The maximum absolute atomic E-state index is 11.9. The molecule has 0 saturated heterocycles. The lowest BCUT2D eigenvalue weighted by Crippen LogP contribution is -2.32. The SMILES string of the molecule is C[N+](C)([O-])CCC=C1c2ccccc2COc2ccc(CC(=O)O)cc21. The summed E-state index contributed by atoms with van der Waals surface area (Å²) in [5.74, 6) is -0.131. The first-order valence-corrected chi connectivity index (χ1v) is 8.64. The molecule has 0 fully saturated rings.